The van der Waals surface area contributed by atoms with E-state index < -0.39 is 5.97 Å². The number of aliphatic carboxylic acids is 1. The van der Waals surface area contributed by atoms with Gasteiger partial charge in [0.25, 0.3) is 0 Å². The summed E-state index contributed by atoms with van der Waals surface area (Å²) in [6.45, 7) is 2.19. The fourth-order valence-corrected chi connectivity index (χ4v) is 2.68. The van der Waals surface area contributed by atoms with Crippen LogP contribution in [-0.4, -0.2) is 23.5 Å². The second kappa shape index (κ2) is 6.67. The number of hydrogen-bond donors (Lipinski definition) is 2. The van der Waals surface area contributed by atoms with Gasteiger partial charge in [-0.2, -0.15) is 0 Å². The highest BCUT2D eigenvalue weighted by atomic mass is 35.5. The summed E-state index contributed by atoms with van der Waals surface area (Å²) in [6.07, 6.45) is 0.846. The van der Waals surface area contributed by atoms with Crippen LogP contribution in [0.2, 0.25) is 10.0 Å². The number of benzene rings is 1. The Balaban J connectivity index is 1.83. The van der Waals surface area contributed by atoms with Crippen LogP contribution >= 0.6 is 23.2 Å². The zero-order valence-electron chi connectivity index (χ0n) is 11.6. The third kappa shape index (κ3) is 4.35. The zero-order chi connectivity index (χ0) is 15.6. The molecule has 4 nitrogen and oxygen atoms in total. The van der Waals surface area contributed by atoms with Crippen molar-refractivity contribution in [1.82, 2.24) is 5.32 Å². The van der Waals surface area contributed by atoms with Gasteiger partial charge < -0.3 is 10.4 Å². The van der Waals surface area contributed by atoms with E-state index in [0.717, 1.165) is 12.0 Å². The second-order valence-electron chi connectivity index (χ2n) is 5.57. The minimum absolute atomic E-state index is 0.0247. The van der Waals surface area contributed by atoms with E-state index in [-0.39, 0.29) is 30.1 Å². The van der Waals surface area contributed by atoms with Crippen molar-refractivity contribution < 1.29 is 14.7 Å². The van der Waals surface area contributed by atoms with Gasteiger partial charge >= 0.3 is 5.97 Å². The van der Waals surface area contributed by atoms with Crippen molar-refractivity contribution in [3.05, 3.63) is 33.8 Å². The molecule has 0 bridgehead atoms. The van der Waals surface area contributed by atoms with Crippen LogP contribution in [0.1, 0.15) is 31.2 Å². The van der Waals surface area contributed by atoms with Gasteiger partial charge in [-0.3, -0.25) is 9.59 Å². The standard InChI is InChI=1S/C15H17Cl2NO3/c1-8(4-14(19)20)7-18-15(21)11-6-10(11)9-2-3-12(16)13(17)5-9/h2-3,5,8,10-11H,4,6-7H2,1H3,(H,18,21)(H,19,20). The van der Waals surface area contributed by atoms with Gasteiger partial charge in [-0.05, 0) is 36.0 Å². The summed E-state index contributed by atoms with van der Waals surface area (Å²) in [6, 6.07) is 5.43. The maximum atomic E-state index is 12.0. The molecule has 0 aliphatic heterocycles. The van der Waals surface area contributed by atoms with E-state index in [1.54, 1.807) is 19.1 Å². The molecule has 0 radical (unpaired) electrons. The number of amides is 1. The molecule has 0 heterocycles. The molecule has 3 atom stereocenters. The number of nitrogens with one attached hydrogen (secondary N) is 1. The average Bonchev–Trinajstić information content (AvgIpc) is 3.19. The smallest absolute Gasteiger partial charge is 0.303 e. The zero-order valence-corrected chi connectivity index (χ0v) is 13.1. The predicted octanol–water partition coefficient (Wildman–Crippen LogP) is 3.32. The van der Waals surface area contributed by atoms with E-state index in [2.05, 4.69) is 5.32 Å². The number of hydrogen-bond acceptors (Lipinski definition) is 2. The van der Waals surface area contributed by atoms with Gasteiger partial charge in [0.15, 0.2) is 0 Å². The van der Waals surface area contributed by atoms with Crippen LogP contribution < -0.4 is 5.32 Å². The van der Waals surface area contributed by atoms with Gasteiger partial charge in [0, 0.05) is 18.9 Å². The molecule has 1 saturated carbocycles. The van der Waals surface area contributed by atoms with Gasteiger partial charge in [0.2, 0.25) is 5.91 Å². The highest BCUT2D eigenvalue weighted by molar-refractivity contribution is 6.42. The summed E-state index contributed by atoms with van der Waals surface area (Å²) in [5.74, 6) is -0.831. The average molecular weight is 330 g/mol. The van der Waals surface area contributed by atoms with Crippen molar-refractivity contribution >= 4 is 35.1 Å². The van der Waals surface area contributed by atoms with Crippen molar-refractivity contribution in [1.29, 1.82) is 0 Å². The Labute approximate surface area is 133 Å². The molecule has 21 heavy (non-hydrogen) atoms. The maximum Gasteiger partial charge on any atom is 0.303 e. The number of rotatable bonds is 6. The lowest BCUT2D eigenvalue weighted by molar-refractivity contribution is -0.138. The van der Waals surface area contributed by atoms with E-state index >= 15 is 0 Å². The Kier molecular flexibility index (Phi) is 5.12. The molecule has 2 N–H and O–H groups in total. The van der Waals surface area contributed by atoms with Crippen LogP contribution in [0, 0.1) is 11.8 Å². The number of carboxylic acids is 1. The predicted molar refractivity (Wildman–Crippen MR) is 81.7 cm³/mol. The molecule has 3 unspecified atom stereocenters. The van der Waals surface area contributed by atoms with E-state index in [9.17, 15) is 9.59 Å². The van der Waals surface area contributed by atoms with Gasteiger partial charge in [-0.1, -0.05) is 36.2 Å². The summed E-state index contributed by atoms with van der Waals surface area (Å²) < 4.78 is 0. The third-order valence-corrected chi connectivity index (χ3v) is 4.39. The first-order valence-corrected chi connectivity index (χ1v) is 7.58. The van der Waals surface area contributed by atoms with Crippen LogP contribution in [0.3, 0.4) is 0 Å². The Morgan fingerprint density at radius 3 is 2.71 bits per heavy atom. The number of carbonyl (C=O) groups excluding carboxylic acids is 1. The Hall–Kier alpha value is -1.26. The van der Waals surface area contributed by atoms with E-state index in [0.29, 0.717) is 16.6 Å². The second-order valence-corrected chi connectivity index (χ2v) is 6.38. The molecule has 1 aromatic rings. The maximum absolute atomic E-state index is 12.0. The molecule has 1 aromatic carbocycles. The molecule has 0 aromatic heterocycles. The van der Waals surface area contributed by atoms with Gasteiger partial charge in [0.1, 0.15) is 0 Å². The minimum Gasteiger partial charge on any atom is -0.481 e. The monoisotopic (exact) mass is 329 g/mol. The van der Waals surface area contributed by atoms with Crippen molar-refractivity contribution in [2.45, 2.75) is 25.7 Å². The molecule has 1 aliphatic carbocycles. The first kappa shape index (κ1) is 16.1. The van der Waals surface area contributed by atoms with Crippen molar-refractivity contribution in [3.63, 3.8) is 0 Å². The largest absolute Gasteiger partial charge is 0.481 e. The molecule has 114 valence electrons. The normalized spacial score (nSPS) is 21.7. The molecule has 1 aliphatic rings. The Morgan fingerprint density at radius 2 is 2.10 bits per heavy atom. The summed E-state index contributed by atoms with van der Waals surface area (Å²) in [5, 5.41) is 12.5. The lowest BCUT2D eigenvalue weighted by Gasteiger charge is -2.10. The van der Waals surface area contributed by atoms with E-state index in [1.807, 2.05) is 6.07 Å². The number of carboxylic acid groups (broad SMARTS) is 1. The van der Waals surface area contributed by atoms with E-state index in [1.165, 1.54) is 0 Å². The van der Waals surface area contributed by atoms with Gasteiger partial charge in [0.05, 0.1) is 10.0 Å². The molecule has 1 amide bonds. The van der Waals surface area contributed by atoms with Crippen LogP contribution in [0.15, 0.2) is 18.2 Å². The summed E-state index contributed by atoms with van der Waals surface area (Å²) in [7, 11) is 0. The third-order valence-electron chi connectivity index (χ3n) is 3.65. The van der Waals surface area contributed by atoms with Crippen LogP contribution in [-0.2, 0) is 9.59 Å². The molecule has 0 saturated heterocycles. The molecule has 6 heteroatoms. The molecule has 0 spiro atoms. The molecular weight excluding hydrogens is 313 g/mol. The summed E-state index contributed by atoms with van der Waals surface area (Å²) >= 11 is 11.8. The lowest BCUT2D eigenvalue weighted by atomic mass is 10.1. The minimum atomic E-state index is -0.850. The molecule has 1 fully saturated rings. The van der Waals surface area contributed by atoms with Crippen molar-refractivity contribution in [2.75, 3.05) is 6.54 Å². The fraction of sp³-hybridized carbons (Fsp3) is 0.467. The van der Waals surface area contributed by atoms with Crippen LogP contribution in [0.4, 0.5) is 0 Å². The highest BCUT2D eigenvalue weighted by Crippen LogP contribution is 2.48. The van der Waals surface area contributed by atoms with Crippen LogP contribution in [0.5, 0.6) is 0 Å². The van der Waals surface area contributed by atoms with Crippen molar-refractivity contribution in [2.24, 2.45) is 11.8 Å². The SMILES string of the molecule is CC(CNC(=O)C1CC1c1ccc(Cl)c(Cl)c1)CC(=O)O. The van der Waals surface area contributed by atoms with Crippen LogP contribution in [0.25, 0.3) is 0 Å². The van der Waals surface area contributed by atoms with Crippen molar-refractivity contribution in [3.8, 4) is 0 Å². The first-order valence-electron chi connectivity index (χ1n) is 6.83. The Bertz CT molecular complexity index is 562. The highest BCUT2D eigenvalue weighted by Gasteiger charge is 2.43. The van der Waals surface area contributed by atoms with Gasteiger partial charge in [-0.25, -0.2) is 0 Å². The summed E-state index contributed by atoms with van der Waals surface area (Å²) in [4.78, 5) is 22.6. The quantitative estimate of drug-likeness (QED) is 0.841. The fourth-order valence-electron chi connectivity index (χ4n) is 2.37. The topological polar surface area (TPSA) is 66.4 Å². The Morgan fingerprint density at radius 1 is 1.38 bits per heavy atom. The first-order chi connectivity index (χ1) is 9.88. The van der Waals surface area contributed by atoms with Gasteiger partial charge in [-0.15, -0.1) is 0 Å². The summed E-state index contributed by atoms with van der Waals surface area (Å²) in [5.41, 5.74) is 1.02. The lowest BCUT2D eigenvalue weighted by Crippen LogP contribution is -2.30. The molecular formula is C15H17Cl2NO3. The molecule has 2 rings (SSSR count). The number of carbonyl (C=O) groups is 2. The number of halogens is 2. The van der Waals surface area contributed by atoms with E-state index in [4.69, 9.17) is 28.3 Å².